The van der Waals surface area contributed by atoms with Gasteiger partial charge in [-0.2, -0.15) is 0 Å². The molecule has 21 heavy (non-hydrogen) atoms. The Morgan fingerprint density at radius 2 is 1.81 bits per heavy atom. The SMILES string of the molecule is Cc1cc(/C=C/c2ccc(C(C)C)c(O)c2C(C)C)on1. The summed E-state index contributed by atoms with van der Waals surface area (Å²) in [5, 5.41) is 14.4. The van der Waals surface area contributed by atoms with Crippen LogP contribution in [0.5, 0.6) is 5.75 Å². The lowest BCUT2D eigenvalue weighted by molar-refractivity contribution is 0.408. The fourth-order valence-corrected chi connectivity index (χ4v) is 2.49. The Hall–Kier alpha value is -2.03. The van der Waals surface area contributed by atoms with Gasteiger partial charge in [0, 0.05) is 11.6 Å². The molecule has 1 aromatic heterocycles. The monoisotopic (exact) mass is 285 g/mol. The van der Waals surface area contributed by atoms with Crippen LogP contribution in [0.3, 0.4) is 0 Å². The summed E-state index contributed by atoms with van der Waals surface area (Å²) in [6.07, 6.45) is 3.86. The molecule has 0 aliphatic carbocycles. The number of rotatable bonds is 4. The van der Waals surface area contributed by atoms with Gasteiger partial charge in [-0.05, 0) is 36.0 Å². The molecule has 0 aliphatic heterocycles. The van der Waals surface area contributed by atoms with Crippen molar-refractivity contribution in [2.24, 2.45) is 0 Å². The molecule has 112 valence electrons. The zero-order chi connectivity index (χ0) is 15.6. The number of benzene rings is 1. The molecule has 0 amide bonds. The van der Waals surface area contributed by atoms with Crippen molar-refractivity contribution in [2.45, 2.75) is 46.5 Å². The minimum absolute atomic E-state index is 0.250. The van der Waals surface area contributed by atoms with Gasteiger partial charge < -0.3 is 9.63 Å². The highest BCUT2D eigenvalue weighted by molar-refractivity contribution is 5.71. The maximum absolute atomic E-state index is 10.5. The van der Waals surface area contributed by atoms with Gasteiger partial charge in [0.05, 0.1) is 5.69 Å². The summed E-state index contributed by atoms with van der Waals surface area (Å²) in [7, 11) is 0. The quantitative estimate of drug-likeness (QED) is 0.849. The van der Waals surface area contributed by atoms with Gasteiger partial charge in [0.15, 0.2) is 5.76 Å². The summed E-state index contributed by atoms with van der Waals surface area (Å²) in [4.78, 5) is 0. The number of phenolic OH excluding ortho intramolecular Hbond substituents is 1. The van der Waals surface area contributed by atoms with Crippen molar-refractivity contribution in [3.8, 4) is 5.75 Å². The number of phenols is 1. The molecule has 0 spiro atoms. The maximum atomic E-state index is 10.5. The van der Waals surface area contributed by atoms with Gasteiger partial charge >= 0.3 is 0 Å². The van der Waals surface area contributed by atoms with Crippen LogP contribution in [-0.4, -0.2) is 10.3 Å². The van der Waals surface area contributed by atoms with Crippen LogP contribution in [0.1, 0.15) is 67.7 Å². The summed E-state index contributed by atoms with van der Waals surface area (Å²) in [5.41, 5.74) is 3.85. The zero-order valence-electron chi connectivity index (χ0n) is 13.3. The summed E-state index contributed by atoms with van der Waals surface area (Å²) >= 11 is 0. The average Bonchev–Trinajstić information content (AvgIpc) is 2.81. The first kappa shape index (κ1) is 15.4. The maximum Gasteiger partial charge on any atom is 0.159 e. The van der Waals surface area contributed by atoms with E-state index in [1.54, 1.807) is 0 Å². The van der Waals surface area contributed by atoms with Crippen LogP contribution in [0.2, 0.25) is 0 Å². The zero-order valence-corrected chi connectivity index (χ0v) is 13.3. The highest BCUT2D eigenvalue weighted by Crippen LogP contribution is 2.36. The number of aromatic nitrogens is 1. The lowest BCUT2D eigenvalue weighted by atomic mass is 9.90. The number of hydrogen-bond donors (Lipinski definition) is 1. The van der Waals surface area contributed by atoms with Gasteiger partial charge in [0.2, 0.25) is 0 Å². The number of aryl methyl sites for hydroxylation is 1. The Balaban J connectivity index is 2.44. The predicted molar refractivity (Wildman–Crippen MR) is 86.5 cm³/mol. The van der Waals surface area contributed by atoms with Crippen molar-refractivity contribution < 1.29 is 9.63 Å². The number of hydrogen-bond acceptors (Lipinski definition) is 3. The molecular formula is C18H23NO2. The van der Waals surface area contributed by atoms with E-state index < -0.39 is 0 Å². The van der Waals surface area contributed by atoms with E-state index in [0.717, 1.165) is 28.1 Å². The topological polar surface area (TPSA) is 46.3 Å². The van der Waals surface area contributed by atoms with E-state index in [9.17, 15) is 5.11 Å². The second-order valence-corrected chi connectivity index (χ2v) is 6.02. The normalized spacial score (nSPS) is 12.0. The van der Waals surface area contributed by atoms with Gasteiger partial charge in [-0.15, -0.1) is 0 Å². The van der Waals surface area contributed by atoms with Crippen molar-refractivity contribution in [2.75, 3.05) is 0 Å². The van der Waals surface area contributed by atoms with E-state index in [2.05, 4.69) is 38.9 Å². The Labute approximate surface area is 126 Å². The highest BCUT2D eigenvalue weighted by Gasteiger charge is 2.16. The fourth-order valence-electron chi connectivity index (χ4n) is 2.49. The predicted octanol–water partition coefficient (Wildman–Crippen LogP) is 5.11. The first-order chi connectivity index (χ1) is 9.90. The summed E-state index contributed by atoms with van der Waals surface area (Å²) < 4.78 is 5.18. The van der Waals surface area contributed by atoms with Gasteiger partial charge in [0.1, 0.15) is 5.75 Å². The van der Waals surface area contributed by atoms with Crippen LogP contribution in [-0.2, 0) is 0 Å². The lowest BCUT2D eigenvalue weighted by Crippen LogP contribution is -1.98. The molecular weight excluding hydrogens is 262 g/mol. The van der Waals surface area contributed by atoms with Crippen LogP contribution >= 0.6 is 0 Å². The molecule has 3 heteroatoms. The molecule has 2 aromatic rings. The van der Waals surface area contributed by atoms with E-state index >= 15 is 0 Å². The number of nitrogens with zero attached hydrogens (tertiary/aromatic N) is 1. The summed E-state index contributed by atoms with van der Waals surface area (Å²) in [6, 6.07) is 5.94. The molecule has 0 bridgehead atoms. The van der Waals surface area contributed by atoms with Crippen molar-refractivity contribution >= 4 is 12.2 Å². The van der Waals surface area contributed by atoms with Crippen molar-refractivity contribution in [3.63, 3.8) is 0 Å². The average molecular weight is 285 g/mol. The highest BCUT2D eigenvalue weighted by atomic mass is 16.5. The minimum Gasteiger partial charge on any atom is -0.507 e. The van der Waals surface area contributed by atoms with Gasteiger partial charge in [0.25, 0.3) is 0 Å². The first-order valence-corrected chi connectivity index (χ1v) is 7.37. The Bertz CT molecular complexity index is 651. The van der Waals surface area contributed by atoms with Crippen LogP contribution in [0.4, 0.5) is 0 Å². The number of aromatic hydroxyl groups is 1. The Morgan fingerprint density at radius 3 is 2.33 bits per heavy atom. The molecule has 0 aliphatic rings. The molecule has 0 saturated carbocycles. The Morgan fingerprint density at radius 1 is 1.10 bits per heavy atom. The molecule has 1 N–H and O–H groups in total. The van der Waals surface area contributed by atoms with Crippen molar-refractivity contribution in [1.29, 1.82) is 0 Å². The third-order valence-electron chi connectivity index (χ3n) is 3.55. The summed E-state index contributed by atoms with van der Waals surface area (Å²) in [5.74, 6) is 1.68. The molecule has 0 saturated heterocycles. The lowest BCUT2D eigenvalue weighted by Gasteiger charge is -2.17. The smallest absolute Gasteiger partial charge is 0.159 e. The van der Waals surface area contributed by atoms with E-state index in [1.807, 2.05) is 31.2 Å². The van der Waals surface area contributed by atoms with Gasteiger partial charge in [-0.25, -0.2) is 0 Å². The summed E-state index contributed by atoms with van der Waals surface area (Å²) in [6.45, 7) is 10.3. The molecule has 2 rings (SSSR count). The fraction of sp³-hybridized carbons (Fsp3) is 0.389. The second kappa shape index (κ2) is 6.17. The van der Waals surface area contributed by atoms with Gasteiger partial charge in [-0.3, -0.25) is 0 Å². The van der Waals surface area contributed by atoms with E-state index in [0.29, 0.717) is 11.7 Å². The van der Waals surface area contributed by atoms with E-state index in [4.69, 9.17) is 4.52 Å². The molecule has 0 unspecified atom stereocenters. The van der Waals surface area contributed by atoms with E-state index in [1.165, 1.54) is 0 Å². The van der Waals surface area contributed by atoms with Crippen molar-refractivity contribution in [1.82, 2.24) is 5.16 Å². The molecule has 3 nitrogen and oxygen atoms in total. The van der Waals surface area contributed by atoms with Crippen LogP contribution in [0, 0.1) is 6.92 Å². The third kappa shape index (κ3) is 3.35. The second-order valence-electron chi connectivity index (χ2n) is 6.02. The Kier molecular flexibility index (Phi) is 4.51. The minimum atomic E-state index is 0.250. The standard InChI is InChI=1S/C18H23NO2/c1-11(2)16-9-7-14(17(12(3)4)18(16)20)6-8-15-10-13(5)19-21-15/h6-12,20H,1-5H3/b8-6+. The molecule has 0 atom stereocenters. The van der Waals surface area contributed by atoms with E-state index in [-0.39, 0.29) is 5.92 Å². The largest absolute Gasteiger partial charge is 0.507 e. The third-order valence-corrected chi connectivity index (χ3v) is 3.55. The molecule has 1 aromatic carbocycles. The van der Waals surface area contributed by atoms with Crippen LogP contribution in [0.25, 0.3) is 12.2 Å². The van der Waals surface area contributed by atoms with Crippen molar-refractivity contribution in [3.05, 3.63) is 46.3 Å². The van der Waals surface area contributed by atoms with Crippen LogP contribution in [0.15, 0.2) is 22.7 Å². The molecule has 1 heterocycles. The molecule has 0 radical (unpaired) electrons. The van der Waals surface area contributed by atoms with Gasteiger partial charge in [-0.1, -0.05) is 51.1 Å². The first-order valence-electron chi connectivity index (χ1n) is 7.37. The molecule has 0 fully saturated rings. The van der Waals surface area contributed by atoms with Crippen LogP contribution < -0.4 is 0 Å².